The number of thiophene rings is 1. The third-order valence-electron chi connectivity index (χ3n) is 3.07. The number of hydrogen-bond acceptors (Lipinski definition) is 5. The highest BCUT2D eigenvalue weighted by Gasteiger charge is 2.19. The van der Waals surface area contributed by atoms with Gasteiger partial charge in [0.2, 0.25) is 0 Å². The van der Waals surface area contributed by atoms with Gasteiger partial charge in [-0.2, -0.15) is 0 Å². The van der Waals surface area contributed by atoms with E-state index in [-0.39, 0.29) is 10.0 Å². The highest BCUT2D eigenvalue weighted by molar-refractivity contribution is 7.94. The number of alkyl halides is 1. The summed E-state index contributed by atoms with van der Waals surface area (Å²) in [5.74, 6) is 0.609. The lowest BCUT2D eigenvalue weighted by atomic mass is 10.1. The van der Waals surface area contributed by atoms with Crippen LogP contribution in [0.3, 0.4) is 0 Å². The summed E-state index contributed by atoms with van der Waals surface area (Å²) in [5.41, 5.74) is 2.20. The lowest BCUT2D eigenvalue weighted by Gasteiger charge is -2.10. The van der Waals surface area contributed by atoms with Gasteiger partial charge in [0.15, 0.2) is 5.82 Å². The monoisotopic (exact) mass is 365 g/mol. The Bertz CT molecular complexity index is 895. The zero-order valence-corrected chi connectivity index (χ0v) is 14.2. The van der Waals surface area contributed by atoms with Crippen LogP contribution < -0.4 is 4.72 Å². The molecule has 118 valence electrons. The van der Waals surface area contributed by atoms with Gasteiger partial charge < -0.3 is 0 Å². The summed E-state index contributed by atoms with van der Waals surface area (Å²) in [5, 5.41) is 1.71. The number of hydrogen-bond donors (Lipinski definition) is 1. The molecular formula is C15H12ClN3O2S2. The molecule has 0 saturated carbocycles. The van der Waals surface area contributed by atoms with Gasteiger partial charge in [-0.25, -0.2) is 13.4 Å². The molecule has 1 aromatic carbocycles. The van der Waals surface area contributed by atoms with Crippen molar-refractivity contribution in [2.24, 2.45) is 0 Å². The van der Waals surface area contributed by atoms with E-state index in [0.29, 0.717) is 11.6 Å². The van der Waals surface area contributed by atoms with Crippen LogP contribution in [0.5, 0.6) is 0 Å². The summed E-state index contributed by atoms with van der Waals surface area (Å²) in [6.07, 6.45) is 2.97. The summed E-state index contributed by atoms with van der Waals surface area (Å²) < 4.78 is 27.4. The van der Waals surface area contributed by atoms with E-state index in [1.54, 1.807) is 11.4 Å². The van der Waals surface area contributed by atoms with Crippen LogP contribution in [-0.4, -0.2) is 18.4 Å². The van der Waals surface area contributed by atoms with Crippen LogP contribution in [0.1, 0.15) is 5.56 Å². The molecular weight excluding hydrogens is 354 g/mol. The molecule has 2 aromatic heterocycles. The number of anilines is 1. The zero-order chi connectivity index (χ0) is 16.3. The Kier molecular flexibility index (Phi) is 4.61. The second kappa shape index (κ2) is 6.66. The molecule has 5 nitrogen and oxygen atoms in total. The van der Waals surface area contributed by atoms with Gasteiger partial charge in [-0.1, -0.05) is 30.3 Å². The standard InChI is InChI=1S/C15H12ClN3O2S2/c16-10-11-3-5-12(6-4-11)14-15(18-8-7-17-14)19-23(20,21)13-2-1-9-22-13/h1-9H,10H2,(H,18,19). The number of rotatable bonds is 5. The van der Waals surface area contributed by atoms with Gasteiger partial charge >= 0.3 is 0 Å². The maximum absolute atomic E-state index is 12.4. The van der Waals surface area contributed by atoms with Gasteiger partial charge in [-0.15, -0.1) is 22.9 Å². The van der Waals surface area contributed by atoms with E-state index in [1.807, 2.05) is 24.3 Å². The SMILES string of the molecule is O=S(=O)(Nc1nccnc1-c1ccc(CCl)cc1)c1cccs1. The summed E-state index contributed by atoms with van der Waals surface area (Å²) in [7, 11) is -3.67. The van der Waals surface area contributed by atoms with Crippen molar-refractivity contribution >= 4 is 38.8 Å². The second-order valence-electron chi connectivity index (χ2n) is 4.62. The number of halogens is 1. The van der Waals surface area contributed by atoms with Crippen LogP contribution in [-0.2, 0) is 15.9 Å². The van der Waals surface area contributed by atoms with Gasteiger partial charge in [-0.3, -0.25) is 9.71 Å². The molecule has 0 bridgehead atoms. The van der Waals surface area contributed by atoms with Crippen molar-refractivity contribution in [3.05, 3.63) is 59.7 Å². The Hall–Kier alpha value is -1.96. The van der Waals surface area contributed by atoms with Crippen molar-refractivity contribution < 1.29 is 8.42 Å². The van der Waals surface area contributed by atoms with E-state index in [1.165, 1.54) is 18.5 Å². The lowest BCUT2D eigenvalue weighted by molar-refractivity contribution is 0.603. The molecule has 0 unspecified atom stereocenters. The molecule has 0 radical (unpaired) electrons. The average Bonchev–Trinajstić information content (AvgIpc) is 3.11. The molecule has 0 aliphatic heterocycles. The quantitative estimate of drug-likeness (QED) is 0.699. The fraction of sp³-hybridized carbons (Fsp3) is 0.0667. The number of nitrogens with one attached hydrogen (secondary N) is 1. The Morgan fingerprint density at radius 2 is 1.83 bits per heavy atom. The van der Waals surface area contributed by atoms with Crippen molar-refractivity contribution in [1.29, 1.82) is 0 Å². The van der Waals surface area contributed by atoms with Crippen molar-refractivity contribution in [3.8, 4) is 11.3 Å². The molecule has 0 aliphatic rings. The van der Waals surface area contributed by atoms with Crippen LogP contribution in [0, 0.1) is 0 Å². The van der Waals surface area contributed by atoms with E-state index in [2.05, 4.69) is 14.7 Å². The molecule has 0 atom stereocenters. The maximum Gasteiger partial charge on any atom is 0.272 e. The van der Waals surface area contributed by atoms with Gasteiger partial charge in [0.1, 0.15) is 9.90 Å². The van der Waals surface area contributed by atoms with E-state index in [9.17, 15) is 8.42 Å². The normalized spacial score (nSPS) is 11.3. The van der Waals surface area contributed by atoms with Gasteiger partial charge in [0.25, 0.3) is 10.0 Å². The zero-order valence-electron chi connectivity index (χ0n) is 11.8. The van der Waals surface area contributed by atoms with Crippen molar-refractivity contribution in [2.45, 2.75) is 10.1 Å². The molecule has 3 rings (SSSR count). The molecule has 0 amide bonds. The average molecular weight is 366 g/mol. The minimum Gasteiger partial charge on any atom is -0.261 e. The predicted octanol–water partition coefficient (Wildman–Crippen LogP) is 3.74. The molecule has 0 fully saturated rings. The Labute approximate surface area is 143 Å². The highest BCUT2D eigenvalue weighted by Crippen LogP contribution is 2.27. The van der Waals surface area contributed by atoms with E-state index >= 15 is 0 Å². The molecule has 0 spiro atoms. The number of benzene rings is 1. The number of nitrogens with zero attached hydrogens (tertiary/aromatic N) is 2. The predicted molar refractivity (Wildman–Crippen MR) is 92.2 cm³/mol. The van der Waals surface area contributed by atoms with Gasteiger partial charge in [-0.05, 0) is 17.0 Å². The fourth-order valence-corrected chi connectivity index (χ4v) is 4.16. The molecule has 1 N–H and O–H groups in total. The molecule has 8 heteroatoms. The smallest absolute Gasteiger partial charge is 0.261 e. The summed E-state index contributed by atoms with van der Waals surface area (Å²) in [6, 6.07) is 10.6. The van der Waals surface area contributed by atoms with Crippen LogP contribution in [0.4, 0.5) is 5.82 Å². The Morgan fingerprint density at radius 3 is 2.48 bits per heavy atom. The second-order valence-corrected chi connectivity index (χ2v) is 7.75. The van der Waals surface area contributed by atoms with E-state index in [4.69, 9.17) is 11.6 Å². The van der Waals surface area contributed by atoms with Crippen molar-refractivity contribution in [2.75, 3.05) is 4.72 Å². The first-order valence-corrected chi connectivity index (χ1v) is 9.52. The largest absolute Gasteiger partial charge is 0.272 e. The third-order valence-corrected chi connectivity index (χ3v) is 6.12. The maximum atomic E-state index is 12.4. The van der Waals surface area contributed by atoms with Crippen molar-refractivity contribution in [1.82, 2.24) is 9.97 Å². The first-order valence-electron chi connectivity index (χ1n) is 6.63. The highest BCUT2D eigenvalue weighted by atomic mass is 35.5. The lowest BCUT2D eigenvalue weighted by Crippen LogP contribution is -2.13. The Balaban J connectivity index is 1.98. The summed E-state index contributed by atoms with van der Waals surface area (Å²) in [6.45, 7) is 0. The van der Waals surface area contributed by atoms with Crippen LogP contribution >= 0.6 is 22.9 Å². The summed E-state index contributed by atoms with van der Waals surface area (Å²) in [4.78, 5) is 8.37. The number of aromatic nitrogens is 2. The molecule has 0 aliphatic carbocycles. The molecule has 0 saturated heterocycles. The van der Waals surface area contributed by atoms with Gasteiger partial charge in [0.05, 0.1) is 0 Å². The first-order chi connectivity index (χ1) is 11.1. The molecule has 2 heterocycles. The first kappa shape index (κ1) is 15.9. The molecule has 23 heavy (non-hydrogen) atoms. The van der Waals surface area contributed by atoms with E-state index < -0.39 is 10.0 Å². The minimum atomic E-state index is -3.67. The van der Waals surface area contributed by atoms with E-state index in [0.717, 1.165) is 22.5 Å². The third kappa shape index (κ3) is 3.52. The Morgan fingerprint density at radius 1 is 1.09 bits per heavy atom. The minimum absolute atomic E-state index is 0.194. The van der Waals surface area contributed by atoms with Crippen LogP contribution in [0.25, 0.3) is 11.3 Å². The van der Waals surface area contributed by atoms with Gasteiger partial charge in [0, 0.05) is 23.8 Å². The van der Waals surface area contributed by atoms with Crippen LogP contribution in [0.15, 0.2) is 58.4 Å². The molecule has 3 aromatic rings. The summed E-state index contributed by atoms with van der Waals surface area (Å²) >= 11 is 6.92. The van der Waals surface area contributed by atoms with Crippen molar-refractivity contribution in [3.63, 3.8) is 0 Å². The fourth-order valence-electron chi connectivity index (χ4n) is 1.97. The number of sulfonamides is 1. The topological polar surface area (TPSA) is 72.0 Å². The van der Waals surface area contributed by atoms with Crippen LogP contribution in [0.2, 0.25) is 0 Å².